The van der Waals surface area contributed by atoms with Gasteiger partial charge in [0.2, 0.25) is 0 Å². The van der Waals surface area contributed by atoms with Crippen molar-refractivity contribution in [2.75, 3.05) is 13.1 Å². The Morgan fingerprint density at radius 1 is 1.43 bits per heavy atom. The van der Waals surface area contributed by atoms with Crippen LogP contribution in [0.5, 0.6) is 0 Å². The van der Waals surface area contributed by atoms with E-state index in [9.17, 15) is 0 Å². The maximum Gasteiger partial charge on any atom is -0.00154 e. The van der Waals surface area contributed by atoms with Gasteiger partial charge in [0, 0.05) is 0 Å². The second kappa shape index (κ2) is 5.16. The van der Waals surface area contributed by atoms with Crippen LogP contribution in [0, 0.1) is 17.3 Å². The highest BCUT2D eigenvalue weighted by atomic mass is 14.9. The van der Waals surface area contributed by atoms with Crippen LogP contribution >= 0.6 is 0 Å². The third-order valence-corrected chi connectivity index (χ3v) is 4.03. The highest BCUT2D eigenvalue weighted by Gasteiger charge is 2.34. The first kappa shape index (κ1) is 12.0. The molecule has 0 bridgehead atoms. The lowest BCUT2D eigenvalue weighted by Gasteiger charge is -2.42. The standard InChI is InChI=1S/C13H27N/c1-5-12-10-14-9-8-13(12,4)7-6-11(2)3/h11-12,14H,5-10H2,1-4H3. The Balaban J connectivity index is 2.49. The number of nitrogens with one attached hydrogen (secondary N) is 1. The van der Waals surface area contributed by atoms with E-state index in [4.69, 9.17) is 0 Å². The zero-order valence-electron chi connectivity index (χ0n) is 10.4. The van der Waals surface area contributed by atoms with Crippen LogP contribution in [0.3, 0.4) is 0 Å². The topological polar surface area (TPSA) is 12.0 Å². The average Bonchev–Trinajstić information content (AvgIpc) is 2.16. The highest BCUT2D eigenvalue weighted by molar-refractivity contribution is 4.87. The van der Waals surface area contributed by atoms with E-state index in [1.165, 1.54) is 38.8 Å². The normalized spacial score (nSPS) is 33.6. The van der Waals surface area contributed by atoms with Crippen molar-refractivity contribution in [3.05, 3.63) is 0 Å². The molecule has 1 aliphatic rings. The van der Waals surface area contributed by atoms with Crippen LogP contribution in [0.15, 0.2) is 0 Å². The third-order valence-electron chi connectivity index (χ3n) is 4.03. The SMILES string of the molecule is CCC1CNCCC1(C)CCC(C)C. The fraction of sp³-hybridized carbons (Fsp3) is 1.00. The minimum Gasteiger partial charge on any atom is -0.316 e. The molecule has 0 aromatic rings. The predicted molar refractivity (Wildman–Crippen MR) is 63.4 cm³/mol. The summed E-state index contributed by atoms with van der Waals surface area (Å²) < 4.78 is 0. The van der Waals surface area contributed by atoms with Crippen molar-refractivity contribution < 1.29 is 0 Å². The molecule has 1 rings (SSSR count). The predicted octanol–water partition coefficient (Wildman–Crippen LogP) is 3.45. The molecule has 0 saturated carbocycles. The van der Waals surface area contributed by atoms with Crippen LogP contribution < -0.4 is 5.32 Å². The average molecular weight is 197 g/mol. The van der Waals surface area contributed by atoms with Crippen molar-refractivity contribution in [1.29, 1.82) is 0 Å². The number of piperidine rings is 1. The summed E-state index contributed by atoms with van der Waals surface area (Å²) in [6.45, 7) is 12.0. The molecule has 1 heteroatoms. The summed E-state index contributed by atoms with van der Waals surface area (Å²) in [5, 5.41) is 3.53. The van der Waals surface area contributed by atoms with Crippen LogP contribution in [0.1, 0.15) is 53.4 Å². The van der Waals surface area contributed by atoms with Gasteiger partial charge < -0.3 is 5.32 Å². The molecule has 1 nitrogen and oxygen atoms in total. The molecule has 1 saturated heterocycles. The van der Waals surface area contributed by atoms with Gasteiger partial charge in [-0.2, -0.15) is 0 Å². The van der Waals surface area contributed by atoms with E-state index in [0.29, 0.717) is 5.41 Å². The summed E-state index contributed by atoms with van der Waals surface area (Å²) in [4.78, 5) is 0. The van der Waals surface area contributed by atoms with E-state index < -0.39 is 0 Å². The van der Waals surface area contributed by atoms with Gasteiger partial charge in [0.15, 0.2) is 0 Å². The van der Waals surface area contributed by atoms with Gasteiger partial charge in [-0.3, -0.25) is 0 Å². The Morgan fingerprint density at radius 3 is 2.71 bits per heavy atom. The Hall–Kier alpha value is -0.0400. The molecule has 1 N–H and O–H groups in total. The van der Waals surface area contributed by atoms with E-state index in [-0.39, 0.29) is 0 Å². The minimum atomic E-state index is 0.615. The largest absolute Gasteiger partial charge is 0.316 e. The molecule has 2 atom stereocenters. The van der Waals surface area contributed by atoms with E-state index in [2.05, 4.69) is 33.0 Å². The molecule has 0 aromatic carbocycles. The number of hydrogen-bond acceptors (Lipinski definition) is 1. The van der Waals surface area contributed by atoms with Crippen LogP contribution in [0.25, 0.3) is 0 Å². The van der Waals surface area contributed by atoms with Crippen molar-refractivity contribution in [2.24, 2.45) is 17.3 Å². The second-order valence-electron chi connectivity index (χ2n) is 5.65. The highest BCUT2D eigenvalue weighted by Crippen LogP contribution is 2.40. The molecule has 0 spiro atoms. The van der Waals surface area contributed by atoms with Gasteiger partial charge in [-0.05, 0) is 43.2 Å². The van der Waals surface area contributed by atoms with Crippen molar-refractivity contribution in [3.8, 4) is 0 Å². The molecule has 1 heterocycles. The summed E-state index contributed by atoms with van der Waals surface area (Å²) in [7, 11) is 0. The number of rotatable bonds is 4. The Morgan fingerprint density at radius 2 is 2.14 bits per heavy atom. The van der Waals surface area contributed by atoms with Gasteiger partial charge in [-0.1, -0.05) is 40.5 Å². The molecule has 0 amide bonds. The molecule has 2 unspecified atom stereocenters. The zero-order chi connectivity index (χ0) is 10.6. The Labute approximate surface area is 89.7 Å². The Kier molecular flexibility index (Phi) is 4.43. The third kappa shape index (κ3) is 2.98. The first-order valence-corrected chi connectivity index (χ1v) is 6.29. The maximum atomic E-state index is 3.53. The van der Waals surface area contributed by atoms with Crippen LogP contribution in [-0.2, 0) is 0 Å². The molecule has 0 aliphatic carbocycles. The molecular weight excluding hydrogens is 170 g/mol. The summed E-state index contributed by atoms with van der Waals surface area (Å²) >= 11 is 0. The number of hydrogen-bond donors (Lipinski definition) is 1. The zero-order valence-corrected chi connectivity index (χ0v) is 10.4. The van der Waals surface area contributed by atoms with Gasteiger partial charge in [0.05, 0.1) is 0 Å². The monoisotopic (exact) mass is 197 g/mol. The molecular formula is C13H27N. The lowest BCUT2D eigenvalue weighted by molar-refractivity contribution is 0.106. The van der Waals surface area contributed by atoms with Gasteiger partial charge in [-0.15, -0.1) is 0 Å². The van der Waals surface area contributed by atoms with Crippen LogP contribution in [0.4, 0.5) is 0 Å². The van der Waals surface area contributed by atoms with E-state index in [1.54, 1.807) is 0 Å². The summed E-state index contributed by atoms with van der Waals surface area (Å²) in [6.07, 6.45) is 5.53. The van der Waals surface area contributed by atoms with Crippen molar-refractivity contribution in [1.82, 2.24) is 5.32 Å². The van der Waals surface area contributed by atoms with Gasteiger partial charge in [0.1, 0.15) is 0 Å². The molecule has 84 valence electrons. The van der Waals surface area contributed by atoms with Crippen molar-refractivity contribution in [2.45, 2.75) is 53.4 Å². The quantitative estimate of drug-likeness (QED) is 0.728. The first-order chi connectivity index (χ1) is 6.58. The molecule has 1 fully saturated rings. The van der Waals surface area contributed by atoms with E-state index >= 15 is 0 Å². The molecule has 0 radical (unpaired) electrons. The van der Waals surface area contributed by atoms with Gasteiger partial charge in [-0.25, -0.2) is 0 Å². The smallest absolute Gasteiger partial charge is 0.00154 e. The fourth-order valence-corrected chi connectivity index (χ4v) is 2.69. The maximum absolute atomic E-state index is 3.53. The fourth-order valence-electron chi connectivity index (χ4n) is 2.69. The van der Waals surface area contributed by atoms with E-state index in [0.717, 1.165) is 11.8 Å². The Bertz CT molecular complexity index is 165. The molecule has 0 aromatic heterocycles. The molecule has 14 heavy (non-hydrogen) atoms. The summed E-state index contributed by atoms with van der Waals surface area (Å²) in [5.74, 6) is 1.76. The lowest BCUT2D eigenvalue weighted by Crippen LogP contribution is -2.43. The first-order valence-electron chi connectivity index (χ1n) is 6.29. The van der Waals surface area contributed by atoms with Gasteiger partial charge >= 0.3 is 0 Å². The summed E-state index contributed by atoms with van der Waals surface area (Å²) in [6, 6.07) is 0. The minimum absolute atomic E-state index is 0.615. The van der Waals surface area contributed by atoms with Gasteiger partial charge in [0.25, 0.3) is 0 Å². The van der Waals surface area contributed by atoms with Crippen LogP contribution in [-0.4, -0.2) is 13.1 Å². The lowest BCUT2D eigenvalue weighted by atomic mass is 9.68. The summed E-state index contributed by atoms with van der Waals surface area (Å²) in [5.41, 5.74) is 0.615. The van der Waals surface area contributed by atoms with Crippen molar-refractivity contribution >= 4 is 0 Å². The van der Waals surface area contributed by atoms with Crippen LogP contribution in [0.2, 0.25) is 0 Å². The second-order valence-corrected chi connectivity index (χ2v) is 5.65. The van der Waals surface area contributed by atoms with Crippen molar-refractivity contribution in [3.63, 3.8) is 0 Å². The molecule has 1 aliphatic heterocycles. The van der Waals surface area contributed by atoms with E-state index in [1.807, 2.05) is 0 Å².